The molecule has 0 saturated heterocycles. The molecular weight excluding hydrogens is 264 g/mol. The minimum atomic E-state index is 0.145. The molecule has 0 saturated carbocycles. The first-order valence-corrected chi connectivity index (χ1v) is 6.10. The molecule has 0 amide bonds. The smallest absolute Gasteiger partial charge is 0.233 e. The van der Waals surface area contributed by atoms with Crippen molar-refractivity contribution >= 4 is 34.9 Å². The second-order valence-corrected chi connectivity index (χ2v) is 4.41. The average Bonchev–Trinajstić information content (AvgIpc) is 2.38. The third kappa shape index (κ3) is 3.45. The maximum absolute atomic E-state index is 5.81. The molecule has 1 aromatic heterocycles. The molecule has 2 rings (SSSR count). The highest BCUT2D eigenvalue weighted by Gasteiger charge is 2.04. The van der Waals surface area contributed by atoms with Crippen molar-refractivity contribution < 1.29 is 0 Å². The summed E-state index contributed by atoms with van der Waals surface area (Å²) in [4.78, 5) is 14.1. The molecular formula is C12H15ClN6. The normalized spacial score (nSPS) is 10.1. The molecule has 0 spiro atoms. The molecule has 0 atom stereocenters. The summed E-state index contributed by atoms with van der Waals surface area (Å²) in [5, 5.41) is 6.05. The number of nitrogens with zero attached hydrogens (tertiary/aromatic N) is 4. The number of halogens is 1. The third-order valence-corrected chi connectivity index (χ3v) is 2.64. The number of hydrogen-bond acceptors (Lipinski definition) is 6. The predicted molar refractivity (Wildman–Crippen MR) is 78.4 cm³/mol. The topological polar surface area (TPSA) is 66.0 Å². The Morgan fingerprint density at radius 2 is 1.63 bits per heavy atom. The molecule has 0 aliphatic heterocycles. The average molecular weight is 279 g/mol. The first kappa shape index (κ1) is 13.4. The second kappa shape index (κ2) is 5.71. The van der Waals surface area contributed by atoms with Gasteiger partial charge < -0.3 is 15.5 Å². The fraction of sp³-hybridized carbons (Fsp3) is 0.250. The second-order valence-electron chi connectivity index (χ2n) is 4.07. The molecule has 6 nitrogen and oxygen atoms in total. The molecule has 0 bridgehead atoms. The van der Waals surface area contributed by atoms with Gasteiger partial charge in [0.1, 0.15) is 0 Å². The molecule has 100 valence electrons. The molecule has 0 aliphatic rings. The van der Waals surface area contributed by atoms with Gasteiger partial charge in [-0.25, -0.2) is 0 Å². The molecule has 0 fully saturated rings. The maximum Gasteiger partial charge on any atom is 0.233 e. The summed E-state index contributed by atoms with van der Waals surface area (Å²) < 4.78 is 0. The quantitative estimate of drug-likeness (QED) is 0.895. The van der Waals surface area contributed by atoms with Crippen LogP contribution in [0.5, 0.6) is 0 Å². The summed E-state index contributed by atoms with van der Waals surface area (Å²) in [5.41, 5.74) is 2.00. The molecule has 1 aromatic carbocycles. The van der Waals surface area contributed by atoms with E-state index in [4.69, 9.17) is 11.6 Å². The van der Waals surface area contributed by atoms with Crippen LogP contribution in [0.2, 0.25) is 5.28 Å². The lowest BCUT2D eigenvalue weighted by Gasteiger charge is -2.13. The van der Waals surface area contributed by atoms with Crippen molar-refractivity contribution in [2.24, 2.45) is 0 Å². The largest absolute Gasteiger partial charge is 0.378 e. The lowest BCUT2D eigenvalue weighted by molar-refractivity contribution is 1.05. The lowest BCUT2D eigenvalue weighted by Crippen LogP contribution is -2.08. The number of hydrogen-bond donors (Lipinski definition) is 2. The molecule has 2 N–H and O–H groups in total. The Balaban J connectivity index is 2.18. The van der Waals surface area contributed by atoms with E-state index in [1.807, 2.05) is 43.3 Å². The fourth-order valence-corrected chi connectivity index (χ4v) is 1.65. The Bertz CT molecular complexity index is 555. The van der Waals surface area contributed by atoms with E-state index in [0.29, 0.717) is 11.9 Å². The Morgan fingerprint density at radius 3 is 2.21 bits per heavy atom. The molecule has 1 heterocycles. The molecule has 0 aliphatic carbocycles. The van der Waals surface area contributed by atoms with E-state index in [-0.39, 0.29) is 5.28 Å². The van der Waals surface area contributed by atoms with Crippen molar-refractivity contribution in [1.82, 2.24) is 15.0 Å². The van der Waals surface area contributed by atoms with Gasteiger partial charge >= 0.3 is 0 Å². The van der Waals surface area contributed by atoms with E-state index in [0.717, 1.165) is 11.4 Å². The van der Waals surface area contributed by atoms with Crippen LogP contribution in [-0.2, 0) is 0 Å². The van der Waals surface area contributed by atoms with Gasteiger partial charge in [0.2, 0.25) is 17.2 Å². The Labute approximate surface area is 116 Å². The third-order valence-electron chi connectivity index (χ3n) is 2.47. The van der Waals surface area contributed by atoms with Gasteiger partial charge in [-0.2, -0.15) is 15.0 Å². The summed E-state index contributed by atoms with van der Waals surface area (Å²) >= 11 is 5.81. The van der Waals surface area contributed by atoms with Crippen LogP contribution in [0.3, 0.4) is 0 Å². The van der Waals surface area contributed by atoms with Crippen LogP contribution < -0.4 is 15.5 Å². The van der Waals surface area contributed by atoms with Crippen LogP contribution in [0.15, 0.2) is 24.3 Å². The van der Waals surface area contributed by atoms with Gasteiger partial charge in [0.15, 0.2) is 0 Å². The minimum Gasteiger partial charge on any atom is -0.378 e. The van der Waals surface area contributed by atoms with Crippen molar-refractivity contribution in [2.45, 2.75) is 0 Å². The maximum atomic E-state index is 5.81. The fourth-order valence-electron chi connectivity index (χ4n) is 1.49. The van der Waals surface area contributed by atoms with Crippen molar-refractivity contribution in [3.63, 3.8) is 0 Å². The van der Waals surface area contributed by atoms with E-state index in [9.17, 15) is 0 Å². The Hall–Kier alpha value is -2.08. The summed E-state index contributed by atoms with van der Waals surface area (Å²) in [6.07, 6.45) is 0. The lowest BCUT2D eigenvalue weighted by atomic mass is 10.2. The van der Waals surface area contributed by atoms with Crippen molar-refractivity contribution in [2.75, 3.05) is 36.7 Å². The van der Waals surface area contributed by atoms with Crippen molar-refractivity contribution in [3.8, 4) is 0 Å². The van der Waals surface area contributed by atoms with Gasteiger partial charge in [0, 0.05) is 32.5 Å². The van der Waals surface area contributed by atoms with Crippen LogP contribution >= 0.6 is 11.6 Å². The molecule has 7 heteroatoms. The first-order valence-electron chi connectivity index (χ1n) is 5.72. The van der Waals surface area contributed by atoms with Gasteiger partial charge in [-0.3, -0.25) is 0 Å². The SMILES string of the molecule is CNc1nc(Cl)nc(Nc2ccc(N(C)C)cc2)n1. The van der Waals surface area contributed by atoms with Crippen LogP contribution in [0.25, 0.3) is 0 Å². The van der Waals surface area contributed by atoms with E-state index < -0.39 is 0 Å². The van der Waals surface area contributed by atoms with Gasteiger partial charge in [0.25, 0.3) is 0 Å². The summed E-state index contributed by atoms with van der Waals surface area (Å²) in [6.45, 7) is 0. The first-order chi connectivity index (χ1) is 9.08. The zero-order valence-corrected chi connectivity index (χ0v) is 11.7. The molecule has 0 unspecified atom stereocenters. The van der Waals surface area contributed by atoms with Gasteiger partial charge in [0.05, 0.1) is 0 Å². The summed E-state index contributed by atoms with van der Waals surface area (Å²) in [7, 11) is 5.71. The highest BCUT2D eigenvalue weighted by molar-refractivity contribution is 6.28. The van der Waals surface area contributed by atoms with E-state index in [2.05, 4.69) is 25.6 Å². The number of rotatable bonds is 4. The van der Waals surface area contributed by atoms with E-state index in [1.54, 1.807) is 7.05 Å². The number of nitrogens with one attached hydrogen (secondary N) is 2. The molecule has 19 heavy (non-hydrogen) atoms. The van der Waals surface area contributed by atoms with Crippen molar-refractivity contribution in [3.05, 3.63) is 29.5 Å². The summed E-state index contributed by atoms with van der Waals surface area (Å²) in [6, 6.07) is 7.91. The number of benzene rings is 1. The zero-order chi connectivity index (χ0) is 13.8. The van der Waals surface area contributed by atoms with Gasteiger partial charge in [-0.15, -0.1) is 0 Å². The summed E-state index contributed by atoms with van der Waals surface area (Å²) in [5.74, 6) is 0.828. The van der Waals surface area contributed by atoms with Crippen LogP contribution in [-0.4, -0.2) is 36.1 Å². The van der Waals surface area contributed by atoms with Gasteiger partial charge in [-0.05, 0) is 35.9 Å². The Morgan fingerprint density at radius 1 is 1.00 bits per heavy atom. The minimum absolute atomic E-state index is 0.145. The monoisotopic (exact) mass is 278 g/mol. The van der Waals surface area contributed by atoms with E-state index in [1.165, 1.54) is 0 Å². The molecule has 2 aromatic rings. The predicted octanol–water partition coefficient (Wildman–Crippen LogP) is 2.38. The standard InChI is InChI=1S/C12H15ClN6/c1-14-11-16-10(13)17-12(18-11)15-8-4-6-9(7-5-8)19(2)3/h4-7H,1-3H3,(H2,14,15,16,17,18). The Kier molecular flexibility index (Phi) is 4.01. The van der Waals surface area contributed by atoms with Crippen molar-refractivity contribution in [1.29, 1.82) is 0 Å². The van der Waals surface area contributed by atoms with Crippen LogP contribution in [0.4, 0.5) is 23.3 Å². The number of aromatic nitrogens is 3. The highest BCUT2D eigenvalue weighted by atomic mass is 35.5. The van der Waals surface area contributed by atoms with E-state index >= 15 is 0 Å². The number of anilines is 4. The van der Waals surface area contributed by atoms with Gasteiger partial charge in [-0.1, -0.05) is 0 Å². The zero-order valence-electron chi connectivity index (χ0n) is 11.0. The van der Waals surface area contributed by atoms with Crippen LogP contribution in [0.1, 0.15) is 0 Å². The molecule has 0 radical (unpaired) electrons. The highest BCUT2D eigenvalue weighted by Crippen LogP contribution is 2.19. The van der Waals surface area contributed by atoms with Crippen LogP contribution in [0, 0.1) is 0 Å².